The van der Waals surface area contributed by atoms with Crippen molar-refractivity contribution in [2.75, 3.05) is 19.6 Å². The van der Waals surface area contributed by atoms with Gasteiger partial charge in [-0.3, -0.25) is 19.2 Å². The van der Waals surface area contributed by atoms with Crippen LogP contribution in [0.2, 0.25) is 0 Å². The molecular weight excluding hydrogens is 673 g/mol. The molecule has 0 aromatic rings. The van der Waals surface area contributed by atoms with Crippen LogP contribution in [0.4, 0.5) is 4.79 Å². The summed E-state index contributed by atoms with van der Waals surface area (Å²) < 4.78 is 28.6. The largest absolute Gasteiger partial charge is 0.347 e. The van der Waals surface area contributed by atoms with Crippen molar-refractivity contribution in [1.82, 2.24) is 30.5 Å². The third kappa shape index (κ3) is 7.96. The van der Waals surface area contributed by atoms with E-state index in [2.05, 4.69) is 35.1 Å². The molecule has 13 nitrogen and oxygen atoms in total. The van der Waals surface area contributed by atoms with Crippen molar-refractivity contribution >= 4 is 39.6 Å². The van der Waals surface area contributed by atoms with Crippen molar-refractivity contribution in [1.29, 1.82) is 0 Å². The Morgan fingerprint density at radius 3 is 2.10 bits per heavy atom. The van der Waals surface area contributed by atoms with Gasteiger partial charge in [0.25, 0.3) is 5.91 Å². The molecule has 4 N–H and O–H groups in total. The molecule has 6 aliphatic rings. The minimum absolute atomic E-state index is 0.0162. The smallest absolute Gasteiger partial charge is 0.315 e. The fraction of sp³-hybridized carbons (Fsp3) is 0.865. The number of fused-ring (bicyclic) bond motifs is 3. The summed E-state index contributed by atoms with van der Waals surface area (Å²) in [6.45, 7) is 7.20. The molecule has 14 heteroatoms. The third-order valence-electron chi connectivity index (χ3n) is 13.1. The number of nitrogens with zero attached hydrogens (tertiary/aromatic N) is 2. The summed E-state index contributed by atoms with van der Waals surface area (Å²) in [5, 5.41) is 11.1. The number of Topliss-reactive ketones (excluding diaryl/α,β-unsaturated/α-hetero) is 1. The van der Waals surface area contributed by atoms with Crippen LogP contribution in [0.15, 0.2) is 0 Å². The average molecular weight is 733 g/mol. The number of carbonyl (C=O) groups is 5. The first-order valence-corrected chi connectivity index (χ1v) is 21.3. The first-order chi connectivity index (χ1) is 24.3. The maximum Gasteiger partial charge on any atom is 0.315 e. The van der Waals surface area contributed by atoms with E-state index in [1.807, 2.05) is 6.92 Å². The lowest BCUT2D eigenvalue weighted by molar-refractivity contribution is -0.144. The second kappa shape index (κ2) is 15.3. The van der Waals surface area contributed by atoms with Crippen molar-refractivity contribution in [3.8, 4) is 0 Å². The number of carbonyl (C=O) groups excluding carboxylic acids is 5. The first kappa shape index (κ1) is 38.0. The zero-order valence-corrected chi connectivity index (χ0v) is 31.7. The first-order valence-electron chi connectivity index (χ1n) is 19.8. The van der Waals surface area contributed by atoms with Crippen molar-refractivity contribution < 1.29 is 32.4 Å². The SMILES string of the molecule is CCN1CC[C@@H](C2(NC(=O)N[C@H]3CCCCCCCCC[C@@H](C(=O)C(=O)NC4CC4)NC(=O)[C@@H]4[C@@H]5[C@H](CN4C3=O)C5(C)C)CCCCC2)S1(=O)=O. The van der Waals surface area contributed by atoms with Crippen LogP contribution in [0.3, 0.4) is 0 Å². The minimum atomic E-state index is -3.59. The highest BCUT2D eigenvalue weighted by Crippen LogP contribution is 2.65. The van der Waals surface area contributed by atoms with Gasteiger partial charge in [-0.1, -0.05) is 85.0 Å². The molecule has 3 heterocycles. The number of sulfonamides is 1. The highest BCUT2D eigenvalue weighted by atomic mass is 32.2. The molecule has 3 aliphatic heterocycles. The van der Waals surface area contributed by atoms with E-state index < -0.39 is 62.6 Å². The molecule has 3 aliphatic carbocycles. The molecule has 0 aromatic carbocycles. The summed E-state index contributed by atoms with van der Waals surface area (Å²) in [6.07, 6.45) is 12.7. The normalized spacial score (nSPS) is 34.1. The van der Waals surface area contributed by atoms with E-state index in [1.54, 1.807) is 4.90 Å². The van der Waals surface area contributed by atoms with E-state index in [9.17, 15) is 32.4 Å². The number of amides is 5. The minimum Gasteiger partial charge on any atom is -0.347 e. The van der Waals surface area contributed by atoms with Gasteiger partial charge in [-0.15, -0.1) is 0 Å². The number of hydrogen-bond acceptors (Lipinski definition) is 7. The quantitative estimate of drug-likeness (QED) is 0.291. The molecule has 0 unspecified atom stereocenters. The highest BCUT2D eigenvalue weighted by Gasteiger charge is 2.69. The molecule has 6 atom stereocenters. The summed E-state index contributed by atoms with van der Waals surface area (Å²) in [4.78, 5) is 70.4. The highest BCUT2D eigenvalue weighted by molar-refractivity contribution is 7.90. The molecular formula is C37H60N6O7S. The summed E-state index contributed by atoms with van der Waals surface area (Å²) in [6, 6.07) is -3.23. The third-order valence-corrected chi connectivity index (χ3v) is 15.6. The maximum absolute atomic E-state index is 14.5. The second-order valence-electron chi connectivity index (χ2n) is 16.8. The summed E-state index contributed by atoms with van der Waals surface area (Å²) in [5.74, 6) is -2.08. The Balaban J connectivity index is 1.22. The zero-order valence-electron chi connectivity index (χ0n) is 30.8. The molecule has 6 rings (SSSR count). The van der Waals surface area contributed by atoms with Crippen LogP contribution in [0.25, 0.3) is 0 Å². The van der Waals surface area contributed by atoms with Crippen molar-refractivity contribution in [3.05, 3.63) is 0 Å². The van der Waals surface area contributed by atoms with Gasteiger partial charge in [0.2, 0.25) is 27.6 Å². The van der Waals surface area contributed by atoms with Crippen LogP contribution in [-0.2, 0) is 29.2 Å². The van der Waals surface area contributed by atoms with E-state index in [1.165, 1.54) is 4.31 Å². The van der Waals surface area contributed by atoms with Gasteiger partial charge in [0.1, 0.15) is 12.1 Å². The van der Waals surface area contributed by atoms with Gasteiger partial charge < -0.3 is 26.2 Å². The van der Waals surface area contributed by atoms with Crippen molar-refractivity contribution in [2.24, 2.45) is 17.3 Å². The average Bonchev–Trinajstić information content (AvgIpc) is 3.88. The number of urea groups is 1. The Kier molecular flexibility index (Phi) is 11.4. The molecule has 0 radical (unpaired) electrons. The van der Waals surface area contributed by atoms with Crippen molar-refractivity contribution in [3.63, 3.8) is 0 Å². The van der Waals surface area contributed by atoms with Crippen LogP contribution in [0.1, 0.15) is 130 Å². The molecule has 51 heavy (non-hydrogen) atoms. The summed E-state index contributed by atoms with van der Waals surface area (Å²) in [7, 11) is -3.59. The molecule has 286 valence electrons. The zero-order chi connectivity index (χ0) is 36.6. The molecule has 3 saturated carbocycles. The van der Waals surface area contributed by atoms with Gasteiger partial charge in [0, 0.05) is 25.7 Å². The monoisotopic (exact) mass is 732 g/mol. The summed E-state index contributed by atoms with van der Waals surface area (Å²) >= 11 is 0. The fourth-order valence-corrected chi connectivity index (χ4v) is 12.1. The molecule has 5 amide bonds. The lowest BCUT2D eigenvalue weighted by Crippen LogP contribution is -2.64. The number of ketones is 1. The number of rotatable bonds is 7. The van der Waals surface area contributed by atoms with Crippen LogP contribution in [0.5, 0.6) is 0 Å². The van der Waals surface area contributed by atoms with Crippen LogP contribution in [0, 0.1) is 17.3 Å². The van der Waals surface area contributed by atoms with Crippen LogP contribution >= 0.6 is 0 Å². The molecule has 0 spiro atoms. The van der Waals surface area contributed by atoms with E-state index in [4.69, 9.17) is 0 Å². The van der Waals surface area contributed by atoms with Gasteiger partial charge in [-0.25, -0.2) is 17.5 Å². The fourth-order valence-electron chi connectivity index (χ4n) is 9.77. The predicted molar refractivity (Wildman–Crippen MR) is 192 cm³/mol. The topological polar surface area (TPSA) is 174 Å². The Hall–Kier alpha value is -2.74. The number of nitrogens with one attached hydrogen (secondary N) is 4. The second-order valence-corrected chi connectivity index (χ2v) is 18.9. The molecule has 0 bridgehead atoms. The van der Waals surface area contributed by atoms with Gasteiger partial charge in [-0.2, -0.15) is 0 Å². The Bertz CT molecular complexity index is 1460. The lowest BCUT2D eigenvalue weighted by Gasteiger charge is -2.42. The summed E-state index contributed by atoms with van der Waals surface area (Å²) in [5.41, 5.74) is -1.09. The van der Waals surface area contributed by atoms with E-state index in [0.29, 0.717) is 58.2 Å². The van der Waals surface area contributed by atoms with E-state index in [0.717, 1.165) is 70.6 Å². The van der Waals surface area contributed by atoms with Gasteiger partial charge in [-0.05, 0) is 62.2 Å². The van der Waals surface area contributed by atoms with Gasteiger partial charge in [0.15, 0.2) is 0 Å². The van der Waals surface area contributed by atoms with Crippen molar-refractivity contribution in [2.45, 2.75) is 165 Å². The van der Waals surface area contributed by atoms with Gasteiger partial charge >= 0.3 is 6.03 Å². The maximum atomic E-state index is 14.5. The molecule has 6 fully saturated rings. The molecule has 3 saturated heterocycles. The number of hydrogen-bond donors (Lipinski definition) is 4. The predicted octanol–water partition coefficient (Wildman–Crippen LogP) is 3.12. The number of piperidine rings is 1. The molecule has 0 aromatic heterocycles. The lowest BCUT2D eigenvalue weighted by atomic mass is 9.78. The van der Waals surface area contributed by atoms with Crippen LogP contribution in [-0.4, -0.2) is 102 Å². The Morgan fingerprint density at radius 1 is 0.843 bits per heavy atom. The van der Waals surface area contributed by atoms with E-state index in [-0.39, 0.29) is 29.2 Å². The Labute approximate surface area is 303 Å². The standard InChI is InChI=1S/C37H60N6O7S/c1-4-42-22-19-28(51(42,49)50)37(20-13-10-14-21-37)41-35(48)40-27-16-12-9-7-5-6-8-11-15-26(31(44)33(46)38-24-17-18-24)39-32(45)30-29-25(36(29,2)3)23-43(30)34(27)47/h24-30H,4-23H2,1-3H3,(H,38,46)(H,39,45)(H2,40,41,48)/t25-,26-,27-,28-,29-,30-/m0/s1. The van der Waals surface area contributed by atoms with E-state index >= 15 is 0 Å². The van der Waals surface area contributed by atoms with Gasteiger partial charge in [0.05, 0.1) is 16.8 Å². The Morgan fingerprint density at radius 2 is 1.47 bits per heavy atom. The van der Waals surface area contributed by atoms with Crippen LogP contribution < -0.4 is 21.3 Å².